The summed E-state index contributed by atoms with van der Waals surface area (Å²) in [7, 11) is 1.78. The quantitative estimate of drug-likeness (QED) is 0.804. The second-order valence-electron chi connectivity index (χ2n) is 4.65. The minimum absolute atomic E-state index is 0.0341. The molecule has 1 fully saturated rings. The number of aryl methyl sites for hydroxylation is 1. The molecule has 1 aliphatic rings. The maximum absolute atomic E-state index is 13.0. The molecule has 0 bridgehead atoms. The van der Waals surface area contributed by atoms with Crippen molar-refractivity contribution in [2.24, 2.45) is 7.05 Å². The monoisotopic (exact) mass is 229 g/mol. The normalized spacial score (nSPS) is 21.2. The highest BCUT2D eigenvalue weighted by molar-refractivity contribution is 5.43. The topological polar surface area (TPSA) is 43.8 Å². The number of aromatic nitrogens is 2. The van der Waals surface area contributed by atoms with Crippen LogP contribution in [0.5, 0.6) is 0 Å². The summed E-state index contributed by atoms with van der Waals surface area (Å²) in [5.41, 5.74) is 7.66. The number of anilines is 1. The minimum Gasteiger partial charge on any atom is -0.384 e. The average molecular weight is 229 g/mol. The zero-order valence-electron chi connectivity index (χ0n) is 9.63. The van der Waals surface area contributed by atoms with Gasteiger partial charge in [0.25, 0.3) is 0 Å². The molecule has 1 saturated carbocycles. The van der Waals surface area contributed by atoms with E-state index in [-0.39, 0.29) is 18.8 Å². The molecule has 0 unspecified atom stereocenters. The molecule has 2 N–H and O–H groups in total. The Kier molecular flexibility index (Phi) is 2.64. The Balaban J connectivity index is 2.17. The summed E-state index contributed by atoms with van der Waals surface area (Å²) in [6.07, 6.45) is 0.940. The smallest absolute Gasteiger partial charge is 0.248 e. The highest BCUT2D eigenvalue weighted by atomic mass is 19.3. The van der Waals surface area contributed by atoms with Crippen molar-refractivity contribution in [3.05, 3.63) is 11.3 Å². The molecule has 0 amide bonds. The summed E-state index contributed by atoms with van der Waals surface area (Å²) in [5.74, 6) is -1.71. The highest BCUT2D eigenvalue weighted by Crippen LogP contribution is 2.41. The fourth-order valence-electron chi connectivity index (χ4n) is 2.37. The van der Waals surface area contributed by atoms with Crippen molar-refractivity contribution in [1.29, 1.82) is 0 Å². The number of hydrogen-bond acceptors (Lipinski definition) is 2. The molecule has 0 radical (unpaired) electrons. The van der Waals surface area contributed by atoms with Gasteiger partial charge in [-0.3, -0.25) is 4.68 Å². The Bertz CT molecular complexity index is 388. The van der Waals surface area contributed by atoms with Crippen LogP contribution < -0.4 is 5.73 Å². The van der Waals surface area contributed by atoms with E-state index in [2.05, 4.69) is 5.10 Å². The number of hydrogen-bond donors (Lipinski definition) is 1. The van der Waals surface area contributed by atoms with E-state index in [1.54, 1.807) is 11.7 Å². The van der Waals surface area contributed by atoms with Crippen LogP contribution in [-0.4, -0.2) is 15.7 Å². The van der Waals surface area contributed by atoms with Crippen LogP contribution in [0.15, 0.2) is 0 Å². The van der Waals surface area contributed by atoms with Crippen LogP contribution in [0.2, 0.25) is 0 Å². The van der Waals surface area contributed by atoms with Gasteiger partial charge in [-0.2, -0.15) is 5.10 Å². The second kappa shape index (κ2) is 3.71. The number of nitrogens with two attached hydrogens (primary N) is 1. The van der Waals surface area contributed by atoms with Gasteiger partial charge in [-0.15, -0.1) is 0 Å². The number of halogens is 2. The van der Waals surface area contributed by atoms with Crippen molar-refractivity contribution in [2.75, 3.05) is 5.73 Å². The summed E-state index contributed by atoms with van der Waals surface area (Å²) in [5, 5.41) is 4.33. The molecular weight excluding hydrogens is 212 g/mol. The van der Waals surface area contributed by atoms with E-state index in [1.165, 1.54) is 0 Å². The summed E-state index contributed by atoms with van der Waals surface area (Å²) in [6.45, 7) is 1.91. The first-order valence-electron chi connectivity index (χ1n) is 5.57. The van der Waals surface area contributed by atoms with Gasteiger partial charge in [0.1, 0.15) is 5.82 Å². The molecule has 0 aromatic carbocycles. The zero-order chi connectivity index (χ0) is 11.9. The van der Waals surface area contributed by atoms with E-state index in [9.17, 15) is 8.78 Å². The van der Waals surface area contributed by atoms with E-state index < -0.39 is 5.92 Å². The Morgan fingerprint density at radius 1 is 1.38 bits per heavy atom. The van der Waals surface area contributed by atoms with Gasteiger partial charge in [0.15, 0.2) is 0 Å². The number of rotatable bonds is 1. The van der Waals surface area contributed by atoms with Crippen molar-refractivity contribution in [3.8, 4) is 0 Å². The van der Waals surface area contributed by atoms with E-state index in [0.717, 1.165) is 11.3 Å². The third-order valence-corrected chi connectivity index (χ3v) is 3.48. The van der Waals surface area contributed by atoms with E-state index in [4.69, 9.17) is 5.73 Å². The first-order chi connectivity index (χ1) is 7.41. The maximum Gasteiger partial charge on any atom is 0.248 e. The molecule has 0 saturated heterocycles. The molecule has 1 aromatic rings. The first-order valence-corrected chi connectivity index (χ1v) is 5.57. The molecule has 1 aliphatic carbocycles. The first kappa shape index (κ1) is 11.4. The van der Waals surface area contributed by atoms with Crippen LogP contribution in [0.25, 0.3) is 0 Å². The van der Waals surface area contributed by atoms with Crippen molar-refractivity contribution in [2.45, 2.75) is 44.4 Å². The van der Waals surface area contributed by atoms with Gasteiger partial charge in [-0.1, -0.05) is 0 Å². The van der Waals surface area contributed by atoms with Crippen molar-refractivity contribution < 1.29 is 8.78 Å². The van der Waals surface area contributed by atoms with Crippen LogP contribution in [-0.2, 0) is 7.05 Å². The number of nitrogens with zero attached hydrogens (tertiary/aromatic N) is 2. The van der Waals surface area contributed by atoms with Gasteiger partial charge in [-0.25, -0.2) is 8.78 Å². The Morgan fingerprint density at radius 3 is 2.38 bits per heavy atom. The molecular formula is C11H17F2N3. The third-order valence-electron chi connectivity index (χ3n) is 3.48. The summed E-state index contributed by atoms with van der Waals surface area (Å²) in [6, 6.07) is 0. The SMILES string of the molecule is Cc1c(C2CCC(F)(F)CC2)nn(C)c1N. The summed E-state index contributed by atoms with van der Waals surface area (Å²) in [4.78, 5) is 0. The zero-order valence-corrected chi connectivity index (χ0v) is 9.63. The average Bonchev–Trinajstić information content (AvgIpc) is 2.46. The lowest BCUT2D eigenvalue weighted by Gasteiger charge is -2.27. The van der Waals surface area contributed by atoms with Gasteiger partial charge in [0.2, 0.25) is 5.92 Å². The van der Waals surface area contributed by atoms with Crippen LogP contribution >= 0.6 is 0 Å². The lowest BCUT2D eigenvalue weighted by atomic mass is 9.84. The second-order valence-corrected chi connectivity index (χ2v) is 4.65. The molecule has 2 rings (SSSR count). The maximum atomic E-state index is 13.0. The number of alkyl halides is 2. The number of nitrogen functional groups attached to an aromatic ring is 1. The Labute approximate surface area is 93.6 Å². The van der Waals surface area contributed by atoms with E-state index in [1.807, 2.05) is 6.92 Å². The van der Waals surface area contributed by atoms with Crippen LogP contribution in [0.4, 0.5) is 14.6 Å². The largest absolute Gasteiger partial charge is 0.384 e. The fourth-order valence-corrected chi connectivity index (χ4v) is 2.37. The van der Waals surface area contributed by atoms with E-state index >= 15 is 0 Å². The van der Waals surface area contributed by atoms with E-state index in [0.29, 0.717) is 18.7 Å². The van der Waals surface area contributed by atoms with Gasteiger partial charge in [-0.05, 0) is 19.8 Å². The van der Waals surface area contributed by atoms with Gasteiger partial charge in [0, 0.05) is 31.4 Å². The van der Waals surface area contributed by atoms with Gasteiger partial charge < -0.3 is 5.73 Å². The molecule has 0 atom stereocenters. The van der Waals surface area contributed by atoms with Gasteiger partial charge in [0.05, 0.1) is 5.69 Å². The predicted octanol–water partition coefficient (Wildman–Crippen LogP) is 2.60. The molecule has 0 spiro atoms. The highest BCUT2D eigenvalue weighted by Gasteiger charge is 2.36. The molecule has 0 aliphatic heterocycles. The molecule has 5 heteroatoms. The third kappa shape index (κ3) is 1.90. The molecule has 3 nitrogen and oxygen atoms in total. The van der Waals surface area contributed by atoms with Gasteiger partial charge >= 0.3 is 0 Å². The van der Waals surface area contributed by atoms with Crippen molar-refractivity contribution in [3.63, 3.8) is 0 Å². The van der Waals surface area contributed by atoms with Crippen LogP contribution in [0.3, 0.4) is 0 Å². The predicted molar refractivity (Wildman–Crippen MR) is 58.5 cm³/mol. The molecule has 16 heavy (non-hydrogen) atoms. The Morgan fingerprint density at radius 2 is 1.94 bits per heavy atom. The summed E-state index contributed by atoms with van der Waals surface area (Å²) >= 11 is 0. The lowest BCUT2D eigenvalue weighted by Crippen LogP contribution is -2.24. The standard InChI is InChI=1S/C11H17F2N3/c1-7-9(15-16(2)10(7)14)8-3-5-11(12,13)6-4-8/h8H,3-6,14H2,1-2H3. The van der Waals surface area contributed by atoms with Crippen LogP contribution in [0, 0.1) is 6.92 Å². The minimum atomic E-state index is -2.48. The fraction of sp³-hybridized carbons (Fsp3) is 0.727. The van der Waals surface area contributed by atoms with Crippen LogP contribution in [0.1, 0.15) is 42.9 Å². The molecule has 90 valence electrons. The Hall–Kier alpha value is -1.13. The summed E-state index contributed by atoms with van der Waals surface area (Å²) < 4.78 is 27.7. The van der Waals surface area contributed by atoms with Crippen molar-refractivity contribution in [1.82, 2.24) is 9.78 Å². The molecule has 1 heterocycles. The lowest BCUT2D eigenvalue weighted by molar-refractivity contribution is -0.0385. The molecule has 1 aromatic heterocycles. The van der Waals surface area contributed by atoms with Crippen molar-refractivity contribution >= 4 is 5.82 Å².